The van der Waals surface area contributed by atoms with Gasteiger partial charge in [-0.25, -0.2) is 0 Å². The smallest absolute Gasteiger partial charge is 1.00 e. The van der Waals surface area contributed by atoms with Crippen LogP contribution in [0.4, 0.5) is 0 Å². The van der Waals surface area contributed by atoms with Gasteiger partial charge in [0.15, 0.2) is 0 Å². The Bertz CT molecular complexity index is 1480. The van der Waals surface area contributed by atoms with Gasteiger partial charge in [-0.3, -0.25) is 0 Å². The maximum absolute atomic E-state index is 2.50. The van der Waals surface area contributed by atoms with Gasteiger partial charge in [0.1, 0.15) is 0 Å². The summed E-state index contributed by atoms with van der Waals surface area (Å²) in [5.74, 6) is 1.87. The molecule has 0 nitrogen and oxygen atoms in total. The van der Waals surface area contributed by atoms with Crippen LogP contribution in [0.3, 0.4) is 0 Å². The summed E-state index contributed by atoms with van der Waals surface area (Å²) < 4.78 is 7.29. The number of rotatable bonds is 8. The fraction of sp³-hybridized carbons (Fsp3) is 0.333. The molecule has 2 saturated carbocycles. The summed E-state index contributed by atoms with van der Waals surface area (Å²) in [7, 11) is 0. The molecule has 0 unspecified atom stereocenters. The van der Waals surface area contributed by atoms with Crippen molar-refractivity contribution in [2.75, 3.05) is 0 Å². The number of hydrogen-bond donors (Lipinski definition) is 0. The fourth-order valence-corrected chi connectivity index (χ4v) is 15.8. The molecule has 6 aliphatic rings. The van der Waals surface area contributed by atoms with Crippen LogP contribution in [0, 0.1) is 11.8 Å². The molecule has 2 aromatic carbocycles. The molecule has 6 aliphatic carbocycles. The Hall–Kier alpha value is -0.714. The second kappa shape index (κ2) is 21.0. The molecule has 0 saturated heterocycles. The summed E-state index contributed by atoms with van der Waals surface area (Å²) in [4.78, 5) is 0. The van der Waals surface area contributed by atoms with E-state index in [9.17, 15) is 0 Å². The van der Waals surface area contributed by atoms with Crippen LogP contribution >= 0.6 is 0 Å². The summed E-state index contributed by atoms with van der Waals surface area (Å²) in [6.07, 6.45) is 35.9. The van der Waals surface area contributed by atoms with E-state index < -0.39 is 46.5 Å². The van der Waals surface area contributed by atoms with Crippen molar-refractivity contribution in [3.63, 3.8) is 0 Å². The Morgan fingerprint density at radius 3 is 1.12 bits per heavy atom. The Morgan fingerprint density at radius 1 is 0.396 bits per heavy atom. The van der Waals surface area contributed by atoms with E-state index in [-0.39, 0.29) is 49.6 Å². The maximum Gasteiger partial charge on any atom is -1.00 e. The summed E-state index contributed by atoms with van der Waals surface area (Å²) in [6, 6.07) is 21.7. The fourth-order valence-electron chi connectivity index (χ4n) is 7.92. The van der Waals surface area contributed by atoms with Crippen LogP contribution in [0.5, 0.6) is 0 Å². The first-order valence-electron chi connectivity index (χ1n) is 17.1. The van der Waals surface area contributed by atoms with E-state index in [0.717, 1.165) is 24.7 Å². The molecule has 2 fully saturated rings. The van der Waals surface area contributed by atoms with E-state index in [1.807, 2.05) is 17.7 Å². The molecule has 0 atom stereocenters. The molecule has 248 valence electrons. The molecule has 0 bridgehead atoms. The molecule has 0 amide bonds. The van der Waals surface area contributed by atoms with E-state index in [1.165, 1.54) is 86.5 Å². The molecule has 0 N–H and O–H groups in total. The van der Waals surface area contributed by atoms with E-state index in [4.69, 9.17) is 0 Å². The van der Waals surface area contributed by atoms with Crippen LogP contribution in [0.2, 0.25) is 0 Å². The van der Waals surface area contributed by atoms with Crippen molar-refractivity contribution in [2.24, 2.45) is 11.8 Å². The number of benzene rings is 2. The predicted molar refractivity (Wildman–Crippen MR) is 180 cm³/mol. The van der Waals surface area contributed by atoms with Gasteiger partial charge in [-0.05, 0) is 0 Å². The van der Waals surface area contributed by atoms with Crippen molar-refractivity contribution in [1.82, 2.24) is 0 Å². The number of allylic oxidation sites excluding steroid dienone is 16. The molecule has 0 aromatic heterocycles. The second-order valence-electron chi connectivity index (χ2n) is 13.0. The zero-order valence-electron chi connectivity index (χ0n) is 27.5. The topological polar surface area (TPSA) is 0 Å². The van der Waals surface area contributed by atoms with E-state index in [1.54, 1.807) is 6.56 Å². The first-order valence-corrected chi connectivity index (χ1v) is 22.0. The quantitative estimate of drug-likeness (QED) is 0.343. The number of hydrogen-bond acceptors (Lipinski definition) is 0. The predicted octanol–water partition coefficient (Wildman–Crippen LogP) is -0.295. The molecule has 2 aromatic rings. The van der Waals surface area contributed by atoms with Crippen molar-refractivity contribution in [2.45, 2.75) is 77.0 Å². The average molecular weight is 873 g/mol. The summed E-state index contributed by atoms with van der Waals surface area (Å²) >= 11 is -1.20. The maximum atomic E-state index is 2.50. The van der Waals surface area contributed by atoms with Gasteiger partial charge in [-0.1, -0.05) is 0 Å². The van der Waals surface area contributed by atoms with Crippen molar-refractivity contribution in [3.8, 4) is 0 Å². The first kappa shape index (κ1) is 41.7. The number of halogens is 4. The van der Waals surface area contributed by atoms with Crippen LogP contribution in [-0.2, 0) is 46.5 Å². The Morgan fingerprint density at radius 2 is 0.729 bits per heavy atom. The van der Waals surface area contributed by atoms with Gasteiger partial charge >= 0.3 is 291 Å². The van der Waals surface area contributed by atoms with Gasteiger partial charge < -0.3 is 49.6 Å². The SMILES string of the molecule is C1=CC(C2CCCC2)=[C]([Zr+2][C]2=C(C3CCCC3)C=CC2)C1.C1=CC(c2ccccc2)=[C]([Zr+2][C]2=C(c3ccccc3)C=CC2)C1.[Cl-].[Cl-].[Cl-].[Cl-]. The van der Waals surface area contributed by atoms with Gasteiger partial charge in [-0.15, -0.1) is 0 Å². The third kappa shape index (κ3) is 10.2. The van der Waals surface area contributed by atoms with E-state index in [2.05, 4.69) is 109 Å². The van der Waals surface area contributed by atoms with Crippen molar-refractivity contribution in [3.05, 3.63) is 145 Å². The second-order valence-corrected chi connectivity index (χ2v) is 20.2. The third-order valence-electron chi connectivity index (χ3n) is 10.2. The minimum absolute atomic E-state index is 0. The molecule has 0 radical (unpaired) electrons. The summed E-state index contributed by atoms with van der Waals surface area (Å²) in [6.45, 7) is 0. The van der Waals surface area contributed by atoms with Crippen molar-refractivity contribution < 1.29 is 96.1 Å². The molecule has 0 heterocycles. The molecular weight excluding hydrogens is 829 g/mol. The minimum atomic E-state index is -0.712. The molecule has 8 rings (SSSR count). The van der Waals surface area contributed by atoms with Gasteiger partial charge in [0.2, 0.25) is 0 Å². The zero-order chi connectivity index (χ0) is 29.6. The molecule has 0 spiro atoms. The van der Waals surface area contributed by atoms with Crippen LogP contribution in [0.25, 0.3) is 11.1 Å². The Labute approximate surface area is 337 Å². The van der Waals surface area contributed by atoms with Gasteiger partial charge in [-0.2, -0.15) is 0 Å². The molecular formula is C42H44Cl4Zr2. The normalized spacial score (nSPS) is 19.5. The van der Waals surface area contributed by atoms with Crippen LogP contribution in [0.15, 0.2) is 134 Å². The largest absolute Gasteiger partial charge is 1.00 e. The van der Waals surface area contributed by atoms with E-state index >= 15 is 0 Å². The molecule has 48 heavy (non-hydrogen) atoms. The van der Waals surface area contributed by atoms with Crippen LogP contribution < -0.4 is 49.6 Å². The third-order valence-corrected chi connectivity index (χ3v) is 17.9. The monoisotopic (exact) mass is 868 g/mol. The molecule has 6 heteroatoms. The average Bonchev–Trinajstić information content (AvgIpc) is 3.91. The van der Waals surface area contributed by atoms with Gasteiger partial charge in [0, 0.05) is 0 Å². The van der Waals surface area contributed by atoms with Crippen molar-refractivity contribution >= 4 is 11.1 Å². The van der Waals surface area contributed by atoms with Gasteiger partial charge in [0.05, 0.1) is 0 Å². The Kier molecular flexibility index (Phi) is 18.2. The standard InChI is InChI=1S/2C11H9.2C10H13.4ClH.2Zr/c2*1-2-6-10(7-3-1)11-8-4-5-9-11;2*1-2-6-9(5-1)10-7-3-4-8-10;;;;;;/h2*1-4,6-8H,5H2;2*1,5,10H,2-4,7-8H2;4*1H;;/q;;;;;;;;2*+2/p-4. The molecule has 0 aliphatic heterocycles. The minimum Gasteiger partial charge on any atom is -1.00 e. The van der Waals surface area contributed by atoms with Crippen LogP contribution in [0.1, 0.15) is 88.2 Å². The summed E-state index contributed by atoms with van der Waals surface area (Å²) in [5.41, 5.74) is 9.36. The van der Waals surface area contributed by atoms with Gasteiger partial charge in [0.25, 0.3) is 0 Å². The Balaban J connectivity index is 0.000000241. The van der Waals surface area contributed by atoms with Crippen molar-refractivity contribution in [1.29, 1.82) is 0 Å². The summed E-state index contributed by atoms with van der Waals surface area (Å²) in [5, 5.41) is 0. The zero-order valence-corrected chi connectivity index (χ0v) is 35.5. The first-order chi connectivity index (χ1) is 21.8. The van der Waals surface area contributed by atoms with Crippen LogP contribution in [-0.4, -0.2) is 0 Å². The van der Waals surface area contributed by atoms with E-state index in [0.29, 0.717) is 0 Å².